The molecule has 1 saturated heterocycles. The van der Waals surface area contributed by atoms with Gasteiger partial charge in [0.1, 0.15) is 11.5 Å². The van der Waals surface area contributed by atoms with Crippen molar-refractivity contribution in [3.8, 4) is 11.3 Å². The number of hydrogen-bond donors (Lipinski definition) is 1. The number of nitrogens with zero attached hydrogens (tertiary/aromatic N) is 3. The van der Waals surface area contributed by atoms with Crippen LogP contribution in [-0.2, 0) is 17.8 Å². The minimum atomic E-state index is -0.522. The molecule has 1 fully saturated rings. The fourth-order valence-electron chi connectivity index (χ4n) is 4.46. The number of amides is 1. The standard InChI is InChI=1S/C25H30N4O2/c1-3-27-24(30)25(11-4-14-29(18-25)17-20-9-12-26-13-10-20)16-22-15-23(28-31-22)21-7-5-19(2)6-8-21/h5-10,12-13,15H,3-4,11,14,16-18H2,1-2H3,(H,27,30)/t25-/m1/s1. The zero-order chi connectivity index (χ0) is 21.7. The Kier molecular flexibility index (Phi) is 6.47. The third-order valence-electron chi connectivity index (χ3n) is 6.05. The van der Waals surface area contributed by atoms with Crippen molar-refractivity contribution in [3.63, 3.8) is 0 Å². The van der Waals surface area contributed by atoms with Gasteiger partial charge in [0.25, 0.3) is 0 Å². The molecule has 3 heterocycles. The summed E-state index contributed by atoms with van der Waals surface area (Å²) in [6.07, 6.45) is 5.99. The second-order valence-corrected chi connectivity index (χ2v) is 8.53. The van der Waals surface area contributed by atoms with Gasteiger partial charge in [-0.3, -0.25) is 14.7 Å². The van der Waals surface area contributed by atoms with E-state index in [9.17, 15) is 4.79 Å². The lowest BCUT2D eigenvalue weighted by molar-refractivity contribution is -0.134. The second-order valence-electron chi connectivity index (χ2n) is 8.53. The average molecular weight is 419 g/mol. The molecule has 1 aliphatic heterocycles. The number of aromatic nitrogens is 2. The van der Waals surface area contributed by atoms with Gasteiger partial charge >= 0.3 is 0 Å². The van der Waals surface area contributed by atoms with Crippen molar-refractivity contribution in [1.29, 1.82) is 0 Å². The van der Waals surface area contributed by atoms with Gasteiger partial charge in [-0.05, 0) is 50.9 Å². The molecule has 1 aromatic carbocycles. The lowest BCUT2D eigenvalue weighted by Gasteiger charge is -2.41. The first-order chi connectivity index (χ1) is 15.1. The summed E-state index contributed by atoms with van der Waals surface area (Å²) >= 11 is 0. The molecule has 3 aromatic rings. The minimum absolute atomic E-state index is 0.0997. The number of piperidine rings is 1. The van der Waals surface area contributed by atoms with Gasteiger partial charge in [0.2, 0.25) is 5.91 Å². The lowest BCUT2D eigenvalue weighted by atomic mass is 9.75. The zero-order valence-corrected chi connectivity index (χ0v) is 18.3. The first kappa shape index (κ1) is 21.2. The van der Waals surface area contributed by atoms with E-state index in [2.05, 4.69) is 39.4 Å². The number of nitrogens with one attached hydrogen (secondary N) is 1. The Hall–Kier alpha value is -2.99. The molecule has 0 aliphatic carbocycles. The summed E-state index contributed by atoms with van der Waals surface area (Å²) in [5, 5.41) is 7.35. The summed E-state index contributed by atoms with van der Waals surface area (Å²) in [4.78, 5) is 19.7. The Morgan fingerprint density at radius 1 is 1.19 bits per heavy atom. The van der Waals surface area contributed by atoms with E-state index in [4.69, 9.17) is 4.52 Å². The summed E-state index contributed by atoms with van der Waals surface area (Å²) < 4.78 is 5.70. The maximum Gasteiger partial charge on any atom is 0.227 e. The maximum absolute atomic E-state index is 13.2. The number of likely N-dealkylation sites (tertiary alicyclic amines) is 1. The van der Waals surface area contributed by atoms with Gasteiger partial charge in [-0.25, -0.2) is 0 Å². The molecular weight excluding hydrogens is 388 g/mol. The van der Waals surface area contributed by atoms with Crippen LogP contribution in [0, 0.1) is 12.3 Å². The van der Waals surface area contributed by atoms with Gasteiger partial charge in [0.05, 0.1) is 5.41 Å². The average Bonchev–Trinajstić information content (AvgIpc) is 3.23. The van der Waals surface area contributed by atoms with Crippen LogP contribution in [0.25, 0.3) is 11.3 Å². The smallest absolute Gasteiger partial charge is 0.227 e. The van der Waals surface area contributed by atoms with Crippen molar-refractivity contribution in [3.05, 3.63) is 71.7 Å². The quantitative estimate of drug-likeness (QED) is 0.628. The van der Waals surface area contributed by atoms with Gasteiger partial charge < -0.3 is 9.84 Å². The molecule has 4 rings (SSSR count). The first-order valence-corrected chi connectivity index (χ1v) is 11.0. The van der Waals surface area contributed by atoms with Gasteiger partial charge in [-0.15, -0.1) is 0 Å². The Bertz CT molecular complexity index is 1000. The summed E-state index contributed by atoms with van der Waals surface area (Å²) in [6.45, 7) is 7.14. The van der Waals surface area contributed by atoms with Crippen molar-refractivity contribution in [2.24, 2.45) is 5.41 Å². The summed E-state index contributed by atoms with van der Waals surface area (Å²) in [5.41, 5.74) is 3.73. The van der Waals surface area contributed by atoms with Crippen LogP contribution in [0.1, 0.15) is 36.7 Å². The lowest BCUT2D eigenvalue weighted by Crippen LogP contribution is -2.52. The van der Waals surface area contributed by atoms with Crippen LogP contribution in [0.4, 0.5) is 0 Å². The summed E-state index contributed by atoms with van der Waals surface area (Å²) in [7, 11) is 0. The summed E-state index contributed by atoms with van der Waals surface area (Å²) in [6, 6.07) is 14.3. The molecule has 0 unspecified atom stereocenters. The molecule has 6 heteroatoms. The fraction of sp³-hybridized carbons (Fsp3) is 0.400. The van der Waals surface area contributed by atoms with E-state index >= 15 is 0 Å². The van der Waals surface area contributed by atoms with Crippen LogP contribution in [0.5, 0.6) is 0 Å². The molecule has 1 amide bonds. The predicted molar refractivity (Wildman–Crippen MR) is 120 cm³/mol. The Morgan fingerprint density at radius 2 is 1.97 bits per heavy atom. The Labute approximate surface area is 183 Å². The van der Waals surface area contributed by atoms with Gasteiger partial charge in [-0.2, -0.15) is 0 Å². The van der Waals surface area contributed by atoms with E-state index in [0.717, 1.165) is 42.9 Å². The van der Waals surface area contributed by atoms with Crippen molar-refractivity contribution in [1.82, 2.24) is 20.4 Å². The van der Waals surface area contributed by atoms with Crippen LogP contribution in [0.3, 0.4) is 0 Å². The van der Waals surface area contributed by atoms with E-state index in [0.29, 0.717) is 19.5 Å². The fourth-order valence-corrected chi connectivity index (χ4v) is 4.46. The molecule has 162 valence electrons. The van der Waals surface area contributed by atoms with Crippen LogP contribution in [0.2, 0.25) is 0 Å². The van der Waals surface area contributed by atoms with E-state index in [1.165, 1.54) is 11.1 Å². The van der Waals surface area contributed by atoms with Crippen LogP contribution < -0.4 is 5.32 Å². The van der Waals surface area contributed by atoms with Gasteiger partial charge in [0.15, 0.2) is 0 Å². The molecule has 0 radical (unpaired) electrons. The number of aryl methyl sites for hydroxylation is 1. The molecule has 1 atom stereocenters. The second kappa shape index (κ2) is 9.43. The Morgan fingerprint density at radius 3 is 2.71 bits per heavy atom. The number of benzene rings is 1. The molecule has 1 N–H and O–H groups in total. The maximum atomic E-state index is 13.2. The third-order valence-corrected chi connectivity index (χ3v) is 6.05. The SMILES string of the molecule is CCNC(=O)[C@@]1(Cc2cc(-c3ccc(C)cc3)no2)CCCN(Cc2ccncc2)C1. The van der Waals surface area contributed by atoms with E-state index in [1.54, 1.807) is 0 Å². The predicted octanol–water partition coefficient (Wildman–Crippen LogP) is 4.01. The highest BCUT2D eigenvalue weighted by Crippen LogP contribution is 2.36. The number of pyridine rings is 1. The number of hydrogen-bond acceptors (Lipinski definition) is 5. The van der Waals surface area contributed by atoms with Crippen LogP contribution in [0.15, 0.2) is 59.4 Å². The van der Waals surface area contributed by atoms with Crippen LogP contribution in [-0.4, -0.2) is 40.6 Å². The zero-order valence-electron chi connectivity index (χ0n) is 18.3. The minimum Gasteiger partial charge on any atom is -0.361 e. The molecular formula is C25H30N4O2. The summed E-state index contributed by atoms with van der Waals surface area (Å²) in [5.74, 6) is 0.857. The van der Waals surface area contributed by atoms with E-state index in [-0.39, 0.29) is 5.91 Å². The topological polar surface area (TPSA) is 71.3 Å². The number of rotatable bonds is 7. The van der Waals surface area contributed by atoms with Crippen molar-refractivity contribution < 1.29 is 9.32 Å². The van der Waals surface area contributed by atoms with Gasteiger partial charge in [-0.1, -0.05) is 35.0 Å². The van der Waals surface area contributed by atoms with E-state index < -0.39 is 5.41 Å². The highest BCUT2D eigenvalue weighted by Gasteiger charge is 2.43. The molecule has 0 bridgehead atoms. The molecule has 31 heavy (non-hydrogen) atoms. The van der Waals surface area contributed by atoms with Crippen LogP contribution >= 0.6 is 0 Å². The Balaban J connectivity index is 1.55. The molecule has 0 spiro atoms. The van der Waals surface area contributed by atoms with Crippen molar-refractivity contribution in [2.75, 3.05) is 19.6 Å². The molecule has 1 aliphatic rings. The molecule has 6 nitrogen and oxygen atoms in total. The highest BCUT2D eigenvalue weighted by molar-refractivity contribution is 5.83. The molecule has 2 aromatic heterocycles. The van der Waals surface area contributed by atoms with Crippen molar-refractivity contribution >= 4 is 5.91 Å². The largest absolute Gasteiger partial charge is 0.361 e. The molecule has 0 saturated carbocycles. The highest BCUT2D eigenvalue weighted by atomic mass is 16.5. The number of carbonyl (C=O) groups excluding carboxylic acids is 1. The normalized spacial score (nSPS) is 19.3. The first-order valence-electron chi connectivity index (χ1n) is 11.0. The monoisotopic (exact) mass is 418 g/mol. The van der Waals surface area contributed by atoms with Gasteiger partial charge in [0, 0.05) is 50.1 Å². The number of carbonyl (C=O) groups is 1. The third kappa shape index (κ3) is 5.02. The van der Waals surface area contributed by atoms with E-state index in [1.807, 2.05) is 49.6 Å². The van der Waals surface area contributed by atoms with Crippen molar-refractivity contribution in [2.45, 2.75) is 39.7 Å².